The van der Waals surface area contributed by atoms with Crippen LogP contribution in [-0.2, 0) is 0 Å². The van der Waals surface area contributed by atoms with E-state index in [9.17, 15) is 0 Å². The molecule has 0 aliphatic heterocycles. The lowest BCUT2D eigenvalue weighted by Gasteiger charge is -2.03. The molecule has 0 radical (unpaired) electrons. The van der Waals surface area contributed by atoms with Gasteiger partial charge in [0.05, 0.1) is 5.03 Å². The SMILES string of the molecule is CSc1cc(-c2cccc3ccccc23)c[nH]1. The third-order valence-electron chi connectivity index (χ3n) is 2.98. The van der Waals surface area contributed by atoms with E-state index in [1.54, 1.807) is 11.8 Å². The van der Waals surface area contributed by atoms with Crippen LogP contribution in [-0.4, -0.2) is 11.2 Å². The van der Waals surface area contributed by atoms with Crippen molar-refractivity contribution in [2.24, 2.45) is 0 Å². The van der Waals surface area contributed by atoms with E-state index >= 15 is 0 Å². The van der Waals surface area contributed by atoms with Gasteiger partial charge in [-0.2, -0.15) is 0 Å². The number of thioether (sulfide) groups is 1. The van der Waals surface area contributed by atoms with Crippen LogP contribution in [0.25, 0.3) is 21.9 Å². The summed E-state index contributed by atoms with van der Waals surface area (Å²) in [6.07, 6.45) is 4.16. The Labute approximate surface area is 105 Å². The number of aromatic nitrogens is 1. The number of nitrogens with one attached hydrogen (secondary N) is 1. The van der Waals surface area contributed by atoms with Gasteiger partial charge in [-0.05, 0) is 28.7 Å². The Morgan fingerprint density at radius 1 is 1.00 bits per heavy atom. The van der Waals surface area contributed by atoms with E-state index in [0.29, 0.717) is 0 Å². The molecule has 1 N–H and O–H groups in total. The highest BCUT2D eigenvalue weighted by Crippen LogP contribution is 2.30. The molecule has 0 amide bonds. The minimum atomic E-state index is 1.20. The fourth-order valence-corrected chi connectivity index (χ4v) is 2.55. The van der Waals surface area contributed by atoms with Crippen LogP contribution in [0.2, 0.25) is 0 Å². The average molecular weight is 239 g/mol. The molecule has 0 fully saturated rings. The maximum Gasteiger partial charge on any atom is 0.0725 e. The molecule has 84 valence electrons. The van der Waals surface area contributed by atoms with Gasteiger partial charge in [0.1, 0.15) is 0 Å². The maximum atomic E-state index is 3.28. The van der Waals surface area contributed by atoms with Crippen LogP contribution in [0.4, 0.5) is 0 Å². The molecule has 1 aromatic heterocycles. The Hall–Kier alpha value is -1.67. The van der Waals surface area contributed by atoms with Crippen molar-refractivity contribution in [3.8, 4) is 11.1 Å². The first-order chi connectivity index (χ1) is 8.38. The van der Waals surface area contributed by atoms with Crippen molar-refractivity contribution in [2.75, 3.05) is 6.26 Å². The molecule has 0 unspecified atom stereocenters. The van der Waals surface area contributed by atoms with Crippen molar-refractivity contribution in [3.05, 3.63) is 54.7 Å². The van der Waals surface area contributed by atoms with E-state index in [4.69, 9.17) is 0 Å². The first-order valence-corrected chi connectivity index (χ1v) is 6.81. The summed E-state index contributed by atoms with van der Waals surface area (Å²) in [7, 11) is 0. The molecule has 0 saturated heterocycles. The molecule has 2 aromatic carbocycles. The molecule has 0 atom stereocenters. The summed E-state index contributed by atoms with van der Waals surface area (Å²) in [6.45, 7) is 0. The molecule has 0 spiro atoms. The number of H-pyrrole nitrogens is 1. The van der Waals surface area contributed by atoms with Crippen LogP contribution in [0.3, 0.4) is 0 Å². The monoisotopic (exact) mass is 239 g/mol. The summed E-state index contributed by atoms with van der Waals surface area (Å²) in [6, 6.07) is 17.1. The Kier molecular flexibility index (Phi) is 2.65. The molecule has 0 saturated carbocycles. The third-order valence-corrected chi connectivity index (χ3v) is 3.65. The summed E-state index contributed by atoms with van der Waals surface area (Å²) in [5.41, 5.74) is 2.55. The smallest absolute Gasteiger partial charge is 0.0725 e. The Morgan fingerprint density at radius 2 is 1.82 bits per heavy atom. The Balaban J connectivity index is 2.23. The van der Waals surface area contributed by atoms with E-state index in [-0.39, 0.29) is 0 Å². The predicted molar refractivity (Wildman–Crippen MR) is 75.5 cm³/mol. The second-order valence-electron chi connectivity index (χ2n) is 3.98. The van der Waals surface area contributed by atoms with Crippen molar-refractivity contribution >= 4 is 22.5 Å². The fraction of sp³-hybridized carbons (Fsp3) is 0.0667. The van der Waals surface area contributed by atoms with Crippen molar-refractivity contribution in [2.45, 2.75) is 5.03 Å². The lowest BCUT2D eigenvalue weighted by molar-refractivity contribution is 1.21. The zero-order valence-electron chi connectivity index (χ0n) is 9.60. The van der Waals surface area contributed by atoms with Crippen LogP contribution in [0.15, 0.2) is 59.8 Å². The summed E-state index contributed by atoms with van der Waals surface area (Å²) >= 11 is 1.73. The molecular weight excluding hydrogens is 226 g/mol. The van der Waals surface area contributed by atoms with Gasteiger partial charge in [0, 0.05) is 11.8 Å². The van der Waals surface area contributed by atoms with E-state index in [1.165, 1.54) is 26.9 Å². The third kappa shape index (κ3) is 1.85. The van der Waals surface area contributed by atoms with Gasteiger partial charge in [-0.3, -0.25) is 0 Å². The zero-order valence-corrected chi connectivity index (χ0v) is 10.4. The van der Waals surface area contributed by atoms with Crippen molar-refractivity contribution in [1.82, 2.24) is 4.98 Å². The number of hydrogen-bond donors (Lipinski definition) is 1. The number of rotatable bonds is 2. The van der Waals surface area contributed by atoms with Crippen LogP contribution in [0.1, 0.15) is 0 Å². The summed E-state index contributed by atoms with van der Waals surface area (Å²) in [5.74, 6) is 0. The predicted octanol–water partition coefficient (Wildman–Crippen LogP) is 4.56. The highest BCUT2D eigenvalue weighted by Gasteiger charge is 2.05. The topological polar surface area (TPSA) is 15.8 Å². The lowest BCUT2D eigenvalue weighted by atomic mass is 10.0. The normalized spacial score (nSPS) is 10.9. The van der Waals surface area contributed by atoms with Crippen LogP contribution in [0, 0.1) is 0 Å². The molecule has 3 rings (SSSR count). The summed E-state index contributed by atoms with van der Waals surface area (Å²) in [4.78, 5) is 3.28. The van der Waals surface area contributed by atoms with E-state index in [0.717, 1.165) is 0 Å². The minimum Gasteiger partial charge on any atom is -0.356 e. The van der Waals surface area contributed by atoms with Gasteiger partial charge in [-0.1, -0.05) is 42.5 Å². The molecule has 0 bridgehead atoms. The molecule has 1 nitrogen and oxygen atoms in total. The minimum absolute atomic E-state index is 1.20. The van der Waals surface area contributed by atoms with Crippen molar-refractivity contribution in [1.29, 1.82) is 0 Å². The van der Waals surface area contributed by atoms with Crippen LogP contribution >= 0.6 is 11.8 Å². The number of benzene rings is 2. The second-order valence-corrected chi connectivity index (χ2v) is 4.83. The molecule has 2 heteroatoms. The summed E-state index contributed by atoms with van der Waals surface area (Å²) in [5, 5.41) is 3.80. The molecule has 17 heavy (non-hydrogen) atoms. The first-order valence-electron chi connectivity index (χ1n) is 5.59. The Bertz CT molecular complexity index is 649. The van der Waals surface area contributed by atoms with Crippen LogP contribution in [0.5, 0.6) is 0 Å². The molecule has 3 aromatic rings. The van der Waals surface area contributed by atoms with Gasteiger partial charge >= 0.3 is 0 Å². The maximum absolute atomic E-state index is 3.28. The van der Waals surface area contributed by atoms with Gasteiger partial charge in [-0.15, -0.1) is 11.8 Å². The van der Waals surface area contributed by atoms with Crippen LogP contribution < -0.4 is 0 Å². The van der Waals surface area contributed by atoms with Crippen molar-refractivity contribution < 1.29 is 0 Å². The van der Waals surface area contributed by atoms with E-state index in [2.05, 4.69) is 66.0 Å². The molecule has 0 aliphatic rings. The van der Waals surface area contributed by atoms with Crippen molar-refractivity contribution in [3.63, 3.8) is 0 Å². The molecule has 1 heterocycles. The van der Waals surface area contributed by atoms with Gasteiger partial charge in [0.2, 0.25) is 0 Å². The number of hydrogen-bond acceptors (Lipinski definition) is 1. The molecular formula is C15H13NS. The number of aromatic amines is 1. The quantitative estimate of drug-likeness (QED) is 0.648. The van der Waals surface area contributed by atoms with E-state index < -0.39 is 0 Å². The fourth-order valence-electron chi connectivity index (χ4n) is 2.12. The van der Waals surface area contributed by atoms with Gasteiger partial charge in [0.25, 0.3) is 0 Å². The second kappa shape index (κ2) is 4.30. The zero-order chi connectivity index (χ0) is 11.7. The highest BCUT2D eigenvalue weighted by atomic mass is 32.2. The highest BCUT2D eigenvalue weighted by molar-refractivity contribution is 7.98. The van der Waals surface area contributed by atoms with Gasteiger partial charge in [0.15, 0.2) is 0 Å². The lowest BCUT2D eigenvalue weighted by Crippen LogP contribution is -1.78. The first kappa shape index (κ1) is 10.5. The van der Waals surface area contributed by atoms with Gasteiger partial charge in [-0.25, -0.2) is 0 Å². The molecule has 0 aliphatic carbocycles. The van der Waals surface area contributed by atoms with E-state index in [1.807, 2.05) is 0 Å². The average Bonchev–Trinajstić information content (AvgIpc) is 2.87. The van der Waals surface area contributed by atoms with Gasteiger partial charge < -0.3 is 4.98 Å². The standard InChI is InChI=1S/C15H13NS/c1-17-15-9-12(10-16-15)14-8-4-6-11-5-2-3-7-13(11)14/h2-10,16H,1H3. The Morgan fingerprint density at radius 3 is 2.65 bits per heavy atom. The number of fused-ring (bicyclic) bond motifs is 1. The largest absolute Gasteiger partial charge is 0.356 e. The summed E-state index contributed by atoms with van der Waals surface area (Å²) < 4.78 is 0.